The Morgan fingerprint density at radius 2 is 2.00 bits per heavy atom. The van der Waals surface area contributed by atoms with Gasteiger partial charge in [-0.1, -0.05) is 28.9 Å². The SMILES string of the molecule is CN1CCNC(=O)C[C@H]2CN(Cc3cccc(Cl)c3F)C[C@H]2n2cc(nn2)Cn2cccc(c2=O)C1=O. The van der Waals surface area contributed by atoms with E-state index in [1.54, 1.807) is 42.3 Å². The van der Waals surface area contributed by atoms with Gasteiger partial charge in [-0.25, -0.2) is 9.07 Å². The molecule has 1 fully saturated rings. The number of carbonyl (C=O) groups excluding carboxylic acids is 2. The third kappa shape index (κ3) is 5.28. The molecule has 4 heterocycles. The summed E-state index contributed by atoms with van der Waals surface area (Å²) in [5, 5.41) is 11.5. The molecule has 37 heavy (non-hydrogen) atoms. The van der Waals surface area contributed by atoms with E-state index < -0.39 is 17.3 Å². The first-order chi connectivity index (χ1) is 17.8. The number of fused-ring (bicyclic) bond motifs is 6. The van der Waals surface area contributed by atoms with Crippen LogP contribution in [0, 0.1) is 11.7 Å². The minimum absolute atomic E-state index is 0.0514. The van der Waals surface area contributed by atoms with Crippen LogP contribution in [0.4, 0.5) is 4.39 Å². The number of pyridine rings is 1. The number of hydrogen-bond donors (Lipinski definition) is 1. The maximum Gasteiger partial charge on any atom is 0.263 e. The van der Waals surface area contributed by atoms with Crippen molar-refractivity contribution < 1.29 is 14.0 Å². The van der Waals surface area contributed by atoms with Gasteiger partial charge in [0.15, 0.2) is 0 Å². The van der Waals surface area contributed by atoms with E-state index in [-0.39, 0.29) is 54.5 Å². The molecule has 0 aliphatic carbocycles. The number of nitrogens with one attached hydrogen (secondary N) is 1. The van der Waals surface area contributed by atoms with Crippen LogP contribution in [-0.4, -0.2) is 74.4 Å². The Balaban J connectivity index is 1.44. The minimum atomic E-state index is -0.443. The highest BCUT2D eigenvalue weighted by atomic mass is 35.5. The minimum Gasteiger partial charge on any atom is -0.354 e. The normalized spacial score (nSPS) is 21.1. The number of likely N-dealkylation sites (tertiary alicyclic amines) is 1. The van der Waals surface area contributed by atoms with Crippen LogP contribution in [0.5, 0.6) is 0 Å². The summed E-state index contributed by atoms with van der Waals surface area (Å²) in [6, 6.07) is 7.91. The fourth-order valence-corrected chi connectivity index (χ4v) is 5.20. The monoisotopic (exact) mass is 527 g/mol. The van der Waals surface area contributed by atoms with Crippen LogP contribution < -0.4 is 10.9 Å². The number of carbonyl (C=O) groups is 2. The quantitative estimate of drug-likeness (QED) is 0.542. The standard InChI is InChI=1S/C25H27ClFN7O3/c1-31-9-7-28-22(35)10-17-12-32(11-16-4-2-6-20(26)23(16)27)15-21(17)34-14-18(29-30-34)13-33-8-3-5-19(24(31)36)25(33)37/h2-6,8,14,17,21H,7,9-13,15H2,1H3,(H,28,35)/t17-,21+/m0/s1. The smallest absolute Gasteiger partial charge is 0.263 e. The fraction of sp³-hybridized carbons (Fsp3) is 0.400. The molecule has 1 saturated heterocycles. The summed E-state index contributed by atoms with van der Waals surface area (Å²) in [6.45, 7) is 2.11. The van der Waals surface area contributed by atoms with Crippen molar-refractivity contribution in [3.63, 3.8) is 0 Å². The lowest BCUT2D eigenvalue weighted by atomic mass is 9.99. The van der Waals surface area contributed by atoms with Crippen LogP contribution >= 0.6 is 11.6 Å². The predicted octanol–water partition coefficient (Wildman–Crippen LogP) is 1.55. The first kappa shape index (κ1) is 25.1. The zero-order chi connectivity index (χ0) is 26.1. The molecule has 10 nitrogen and oxygen atoms in total. The Morgan fingerprint density at radius 1 is 1.16 bits per heavy atom. The Labute approximate surface area is 217 Å². The van der Waals surface area contributed by atoms with Gasteiger partial charge in [0.05, 0.1) is 23.8 Å². The third-order valence-electron chi connectivity index (χ3n) is 6.95. The lowest BCUT2D eigenvalue weighted by Gasteiger charge is -2.20. The molecule has 0 spiro atoms. The number of halogens is 2. The largest absolute Gasteiger partial charge is 0.354 e. The highest BCUT2D eigenvalue weighted by Crippen LogP contribution is 2.32. The van der Waals surface area contributed by atoms with Gasteiger partial charge >= 0.3 is 0 Å². The maximum absolute atomic E-state index is 14.6. The second-order valence-electron chi connectivity index (χ2n) is 9.56. The van der Waals surface area contributed by atoms with E-state index in [0.29, 0.717) is 30.9 Å². The molecule has 0 saturated carbocycles. The number of benzene rings is 1. The van der Waals surface area contributed by atoms with Crippen molar-refractivity contribution in [3.8, 4) is 0 Å². The molecule has 2 amide bonds. The van der Waals surface area contributed by atoms with Crippen molar-refractivity contribution in [2.45, 2.75) is 25.6 Å². The number of amides is 2. The van der Waals surface area contributed by atoms with Crippen LogP contribution in [0.15, 0.2) is 47.5 Å². The summed E-state index contributed by atoms with van der Waals surface area (Å²) in [6.07, 6.45) is 3.61. The van der Waals surface area contributed by atoms with Crippen molar-refractivity contribution in [3.05, 3.63) is 80.7 Å². The van der Waals surface area contributed by atoms with Crippen molar-refractivity contribution in [1.29, 1.82) is 0 Å². The topological polar surface area (TPSA) is 105 Å². The van der Waals surface area contributed by atoms with E-state index in [9.17, 15) is 18.8 Å². The average Bonchev–Trinajstić information content (AvgIpc) is 3.49. The van der Waals surface area contributed by atoms with Crippen LogP contribution in [0.3, 0.4) is 0 Å². The summed E-state index contributed by atoms with van der Waals surface area (Å²) in [7, 11) is 1.60. The van der Waals surface area contributed by atoms with Crippen LogP contribution in [0.1, 0.15) is 34.1 Å². The number of likely N-dealkylation sites (N-methyl/N-ethyl adjacent to an activating group) is 1. The zero-order valence-electron chi connectivity index (χ0n) is 20.3. The van der Waals surface area contributed by atoms with Gasteiger partial charge < -0.3 is 14.8 Å². The molecule has 12 heteroatoms. The average molecular weight is 528 g/mol. The third-order valence-corrected chi connectivity index (χ3v) is 7.24. The molecule has 194 valence electrons. The van der Waals surface area contributed by atoms with E-state index in [4.69, 9.17) is 11.6 Å². The van der Waals surface area contributed by atoms with Gasteiger partial charge in [-0.05, 0) is 18.2 Å². The first-order valence-electron chi connectivity index (χ1n) is 12.1. The molecule has 1 aromatic carbocycles. The van der Waals surface area contributed by atoms with Crippen molar-refractivity contribution in [2.75, 3.05) is 33.2 Å². The molecular formula is C25H27ClFN7O3. The van der Waals surface area contributed by atoms with Gasteiger partial charge in [0.1, 0.15) is 17.1 Å². The molecule has 0 unspecified atom stereocenters. The van der Waals surface area contributed by atoms with E-state index in [1.165, 1.54) is 21.6 Å². The molecule has 2 atom stereocenters. The predicted molar refractivity (Wildman–Crippen MR) is 134 cm³/mol. The first-order valence-corrected chi connectivity index (χ1v) is 12.5. The molecule has 2 aromatic heterocycles. The van der Waals surface area contributed by atoms with Gasteiger partial charge in [0.25, 0.3) is 11.5 Å². The Morgan fingerprint density at radius 3 is 2.84 bits per heavy atom. The van der Waals surface area contributed by atoms with E-state index >= 15 is 0 Å². The molecule has 2 aliphatic heterocycles. The fourth-order valence-electron chi connectivity index (χ4n) is 5.01. The molecule has 5 rings (SSSR count). The molecular weight excluding hydrogens is 501 g/mol. The summed E-state index contributed by atoms with van der Waals surface area (Å²) >= 11 is 5.97. The van der Waals surface area contributed by atoms with Crippen molar-refractivity contribution in [2.24, 2.45) is 5.92 Å². The summed E-state index contributed by atoms with van der Waals surface area (Å²) < 4.78 is 17.7. The van der Waals surface area contributed by atoms with Crippen molar-refractivity contribution in [1.82, 2.24) is 34.7 Å². The lowest BCUT2D eigenvalue weighted by Crippen LogP contribution is -2.39. The summed E-state index contributed by atoms with van der Waals surface area (Å²) in [5.41, 5.74) is 0.671. The van der Waals surface area contributed by atoms with Gasteiger partial charge in [0.2, 0.25) is 5.91 Å². The highest BCUT2D eigenvalue weighted by Gasteiger charge is 2.36. The summed E-state index contributed by atoms with van der Waals surface area (Å²) in [4.78, 5) is 42.1. The molecule has 0 radical (unpaired) electrons. The Bertz CT molecular complexity index is 1390. The van der Waals surface area contributed by atoms with E-state index in [1.807, 2.05) is 0 Å². The number of hydrogen-bond acceptors (Lipinski definition) is 6. The van der Waals surface area contributed by atoms with Crippen molar-refractivity contribution >= 4 is 23.4 Å². The second-order valence-corrected chi connectivity index (χ2v) is 9.97. The Kier molecular flexibility index (Phi) is 7.07. The van der Waals surface area contributed by atoms with Crippen LogP contribution in [0.25, 0.3) is 0 Å². The van der Waals surface area contributed by atoms with Crippen LogP contribution in [-0.2, 0) is 17.9 Å². The molecule has 4 bridgehead atoms. The van der Waals surface area contributed by atoms with Crippen LogP contribution in [0.2, 0.25) is 5.02 Å². The number of nitrogens with zero attached hydrogens (tertiary/aromatic N) is 6. The zero-order valence-corrected chi connectivity index (χ0v) is 21.1. The molecule has 1 N–H and O–H groups in total. The molecule has 2 aliphatic rings. The number of aromatic nitrogens is 4. The van der Waals surface area contributed by atoms with Gasteiger partial charge in [-0.2, -0.15) is 0 Å². The number of rotatable bonds is 2. The summed E-state index contributed by atoms with van der Waals surface area (Å²) in [5.74, 6) is -1.11. The van der Waals surface area contributed by atoms with E-state index in [0.717, 1.165) is 0 Å². The lowest BCUT2D eigenvalue weighted by molar-refractivity contribution is -0.122. The van der Waals surface area contributed by atoms with Gasteiger partial charge in [-0.15, -0.1) is 5.10 Å². The second kappa shape index (κ2) is 10.4. The maximum atomic E-state index is 14.6. The molecule has 3 aromatic rings. The van der Waals surface area contributed by atoms with Gasteiger partial charge in [0, 0.05) is 63.9 Å². The highest BCUT2D eigenvalue weighted by molar-refractivity contribution is 6.30. The van der Waals surface area contributed by atoms with E-state index in [2.05, 4.69) is 20.5 Å². The Hall–Kier alpha value is -3.57. The van der Waals surface area contributed by atoms with Gasteiger partial charge in [-0.3, -0.25) is 19.3 Å².